The third-order valence-corrected chi connectivity index (χ3v) is 5.01. The van der Waals surface area contributed by atoms with Crippen molar-refractivity contribution in [2.45, 2.75) is 6.42 Å². The molecule has 1 saturated carbocycles. The summed E-state index contributed by atoms with van der Waals surface area (Å²) in [6.07, 6.45) is 5.08. The highest BCUT2D eigenvalue weighted by atomic mass is 35.5. The molecule has 1 heterocycles. The van der Waals surface area contributed by atoms with Gasteiger partial charge in [-0.15, -0.1) is 0 Å². The molecule has 1 saturated heterocycles. The Kier molecular flexibility index (Phi) is 2.54. The number of amides is 2. The van der Waals surface area contributed by atoms with Gasteiger partial charge in [0.2, 0.25) is 11.8 Å². The average molecular weight is 308 g/mol. The first kappa shape index (κ1) is 12.4. The number of imide groups is 1. The Morgan fingerprint density at radius 3 is 1.90 bits per heavy atom. The smallest absolute Gasteiger partial charge is 0.238 e. The number of benzene rings is 1. The van der Waals surface area contributed by atoms with Crippen molar-refractivity contribution >= 4 is 40.7 Å². The molecule has 4 atom stereocenters. The van der Waals surface area contributed by atoms with Crippen LogP contribution in [0.15, 0.2) is 30.4 Å². The summed E-state index contributed by atoms with van der Waals surface area (Å²) in [6, 6.07) is 4.81. The van der Waals surface area contributed by atoms with E-state index in [2.05, 4.69) is 12.2 Å². The van der Waals surface area contributed by atoms with E-state index < -0.39 is 0 Å². The quantitative estimate of drug-likeness (QED) is 0.589. The Morgan fingerprint density at radius 1 is 0.900 bits per heavy atom. The highest BCUT2D eigenvalue weighted by Gasteiger charge is 2.59. The topological polar surface area (TPSA) is 37.4 Å². The molecule has 1 aromatic carbocycles. The normalized spacial score (nSPS) is 34.2. The molecule has 0 N–H and O–H groups in total. The van der Waals surface area contributed by atoms with E-state index >= 15 is 0 Å². The van der Waals surface area contributed by atoms with Gasteiger partial charge in [0.1, 0.15) is 0 Å². The van der Waals surface area contributed by atoms with Gasteiger partial charge < -0.3 is 0 Å². The molecule has 2 aliphatic carbocycles. The molecule has 102 valence electrons. The Bertz CT molecular complexity index is 620. The van der Waals surface area contributed by atoms with Gasteiger partial charge in [-0.05, 0) is 36.5 Å². The second kappa shape index (κ2) is 4.09. The van der Waals surface area contributed by atoms with E-state index in [1.807, 2.05) is 0 Å². The number of anilines is 1. The summed E-state index contributed by atoms with van der Waals surface area (Å²) in [5, 5.41) is 0.845. The molecule has 3 aliphatic rings. The van der Waals surface area contributed by atoms with Gasteiger partial charge in [0, 0.05) is 10.0 Å². The molecule has 1 aromatic rings. The van der Waals surface area contributed by atoms with Crippen LogP contribution < -0.4 is 4.90 Å². The Morgan fingerprint density at radius 2 is 1.40 bits per heavy atom. The fourth-order valence-electron chi connectivity index (χ4n) is 3.83. The number of carbonyl (C=O) groups is 2. The van der Waals surface area contributed by atoms with Crippen molar-refractivity contribution in [3.05, 3.63) is 40.4 Å². The fourth-order valence-corrected chi connectivity index (χ4v) is 4.34. The van der Waals surface area contributed by atoms with E-state index in [-0.39, 0.29) is 35.5 Å². The summed E-state index contributed by atoms with van der Waals surface area (Å²) in [5.74, 6) is -0.210. The van der Waals surface area contributed by atoms with Crippen molar-refractivity contribution in [1.82, 2.24) is 0 Å². The first-order chi connectivity index (χ1) is 9.56. The maximum Gasteiger partial charge on any atom is 0.238 e. The second-order valence-electron chi connectivity index (χ2n) is 5.64. The van der Waals surface area contributed by atoms with Crippen LogP contribution in [0.25, 0.3) is 0 Å². The van der Waals surface area contributed by atoms with Crippen LogP contribution in [0, 0.1) is 23.7 Å². The number of rotatable bonds is 1. The van der Waals surface area contributed by atoms with Crippen LogP contribution in [0.5, 0.6) is 0 Å². The van der Waals surface area contributed by atoms with E-state index in [9.17, 15) is 9.59 Å². The summed E-state index contributed by atoms with van der Waals surface area (Å²) < 4.78 is 0. The van der Waals surface area contributed by atoms with Gasteiger partial charge in [-0.1, -0.05) is 35.4 Å². The number of nitrogens with zero attached hydrogens (tertiary/aromatic N) is 1. The lowest BCUT2D eigenvalue weighted by atomic mass is 9.85. The largest absolute Gasteiger partial charge is 0.274 e. The van der Waals surface area contributed by atoms with Crippen LogP contribution in [-0.2, 0) is 9.59 Å². The van der Waals surface area contributed by atoms with Gasteiger partial charge in [-0.2, -0.15) is 0 Å². The minimum Gasteiger partial charge on any atom is -0.274 e. The van der Waals surface area contributed by atoms with Crippen LogP contribution in [0.1, 0.15) is 6.42 Å². The third-order valence-electron chi connectivity index (χ3n) is 4.58. The van der Waals surface area contributed by atoms with Gasteiger partial charge >= 0.3 is 0 Å². The number of carbonyl (C=O) groups excluding carboxylic acids is 2. The monoisotopic (exact) mass is 307 g/mol. The summed E-state index contributed by atoms with van der Waals surface area (Å²) in [5.41, 5.74) is 0.478. The number of hydrogen-bond donors (Lipinski definition) is 0. The summed E-state index contributed by atoms with van der Waals surface area (Å²) in [7, 11) is 0. The molecular weight excluding hydrogens is 297 g/mol. The Labute approximate surface area is 126 Å². The minimum atomic E-state index is -0.199. The molecule has 2 amide bonds. The van der Waals surface area contributed by atoms with Gasteiger partial charge in [0.25, 0.3) is 0 Å². The predicted octanol–water partition coefficient (Wildman–Crippen LogP) is 3.30. The molecule has 0 spiro atoms. The van der Waals surface area contributed by atoms with Crippen molar-refractivity contribution in [2.24, 2.45) is 23.7 Å². The maximum absolute atomic E-state index is 12.6. The van der Waals surface area contributed by atoms with Crippen molar-refractivity contribution in [2.75, 3.05) is 4.90 Å². The van der Waals surface area contributed by atoms with Crippen molar-refractivity contribution in [1.29, 1.82) is 0 Å². The zero-order valence-electron chi connectivity index (χ0n) is 10.4. The van der Waals surface area contributed by atoms with E-state index in [0.717, 1.165) is 6.42 Å². The summed E-state index contributed by atoms with van der Waals surface area (Å²) in [6.45, 7) is 0. The molecule has 2 fully saturated rings. The van der Waals surface area contributed by atoms with E-state index in [4.69, 9.17) is 23.2 Å². The van der Waals surface area contributed by atoms with Gasteiger partial charge in [-0.3, -0.25) is 9.59 Å². The number of hydrogen-bond acceptors (Lipinski definition) is 2. The minimum absolute atomic E-state index is 0.116. The predicted molar refractivity (Wildman–Crippen MR) is 76.7 cm³/mol. The fraction of sp³-hybridized carbons (Fsp3) is 0.333. The molecule has 0 unspecified atom stereocenters. The van der Waals surface area contributed by atoms with Crippen LogP contribution in [0.4, 0.5) is 5.69 Å². The average Bonchev–Trinajstić information content (AvgIpc) is 3.02. The standard InChI is InChI=1S/C15H11Cl2NO2/c16-9-4-10(17)6-11(5-9)18-14(19)12-7-1-2-8(3-7)13(12)15(18)20/h1-2,4-8,12-13H,3H2/t7-,8-,12+,13+/m0/s1. The van der Waals surface area contributed by atoms with Gasteiger partial charge in [0.15, 0.2) is 0 Å². The SMILES string of the molecule is O=C1[C@H]2[C@H](C(=O)N1c1cc(Cl)cc(Cl)c1)[C@H]1C=C[C@H]2C1. The van der Waals surface area contributed by atoms with Crippen LogP contribution in [0.3, 0.4) is 0 Å². The zero-order chi connectivity index (χ0) is 14.0. The highest BCUT2D eigenvalue weighted by molar-refractivity contribution is 6.35. The molecular formula is C15H11Cl2NO2. The first-order valence-electron chi connectivity index (χ1n) is 6.58. The van der Waals surface area contributed by atoms with Crippen molar-refractivity contribution in [3.8, 4) is 0 Å². The molecule has 4 rings (SSSR count). The molecule has 0 radical (unpaired) electrons. The second-order valence-corrected chi connectivity index (χ2v) is 6.51. The molecule has 1 aliphatic heterocycles. The molecule has 5 heteroatoms. The molecule has 0 aromatic heterocycles. The Balaban J connectivity index is 1.78. The maximum atomic E-state index is 12.6. The lowest BCUT2D eigenvalue weighted by Gasteiger charge is -2.17. The lowest BCUT2D eigenvalue weighted by molar-refractivity contribution is -0.123. The molecule has 3 nitrogen and oxygen atoms in total. The summed E-state index contributed by atoms with van der Waals surface area (Å²) in [4.78, 5) is 26.5. The number of allylic oxidation sites excluding steroid dienone is 2. The summed E-state index contributed by atoms with van der Waals surface area (Å²) >= 11 is 11.9. The van der Waals surface area contributed by atoms with Crippen molar-refractivity contribution < 1.29 is 9.59 Å². The van der Waals surface area contributed by atoms with E-state index in [0.29, 0.717) is 15.7 Å². The highest BCUT2D eigenvalue weighted by Crippen LogP contribution is 2.53. The first-order valence-corrected chi connectivity index (χ1v) is 7.34. The molecule has 2 bridgehead atoms. The van der Waals surface area contributed by atoms with Gasteiger partial charge in [-0.25, -0.2) is 4.90 Å². The zero-order valence-corrected chi connectivity index (χ0v) is 11.9. The lowest BCUT2D eigenvalue weighted by Crippen LogP contribution is -2.32. The van der Waals surface area contributed by atoms with Crippen molar-refractivity contribution in [3.63, 3.8) is 0 Å². The Hall–Kier alpha value is -1.32. The van der Waals surface area contributed by atoms with Crippen LogP contribution >= 0.6 is 23.2 Å². The number of halogens is 2. The third kappa shape index (κ3) is 1.54. The molecule has 20 heavy (non-hydrogen) atoms. The van der Waals surface area contributed by atoms with E-state index in [1.165, 1.54) is 4.90 Å². The van der Waals surface area contributed by atoms with Crippen LogP contribution in [-0.4, -0.2) is 11.8 Å². The van der Waals surface area contributed by atoms with E-state index in [1.54, 1.807) is 18.2 Å². The van der Waals surface area contributed by atoms with Crippen LogP contribution in [0.2, 0.25) is 10.0 Å². The number of fused-ring (bicyclic) bond motifs is 5. The van der Waals surface area contributed by atoms with Gasteiger partial charge in [0.05, 0.1) is 17.5 Å².